The van der Waals surface area contributed by atoms with Crippen LogP contribution in [0.15, 0.2) is 53.0 Å². The van der Waals surface area contributed by atoms with Crippen molar-refractivity contribution in [3.8, 4) is 0 Å². The van der Waals surface area contributed by atoms with Crippen molar-refractivity contribution < 1.29 is 23.9 Å². The highest BCUT2D eigenvalue weighted by atomic mass is 79.9. The van der Waals surface area contributed by atoms with E-state index in [0.29, 0.717) is 11.4 Å². The number of halogens is 1. The summed E-state index contributed by atoms with van der Waals surface area (Å²) in [7, 11) is 0. The maximum absolute atomic E-state index is 12.9. The predicted octanol–water partition coefficient (Wildman–Crippen LogP) is 4.17. The molecule has 34 heavy (non-hydrogen) atoms. The van der Waals surface area contributed by atoms with Gasteiger partial charge in [-0.1, -0.05) is 28.1 Å². The topological polar surface area (TPSA) is 92.8 Å². The summed E-state index contributed by atoms with van der Waals surface area (Å²) in [6.45, 7) is 3.36. The molecular formula is C26H23BrN2O5. The molecule has 5 rings (SSSR count). The number of amides is 3. The first-order chi connectivity index (χ1) is 16.2. The van der Waals surface area contributed by atoms with Gasteiger partial charge in [-0.3, -0.25) is 19.3 Å². The van der Waals surface area contributed by atoms with Crippen molar-refractivity contribution in [2.75, 3.05) is 16.8 Å². The lowest BCUT2D eigenvalue weighted by Crippen LogP contribution is -2.32. The van der Waals surface area contributed by atoms with Crippen LogP contribution >= 0.6 is 15.9 Å². The molecule has 1 saturated heterocycles. The van der Waals surface area contributed by atoms with E-state index in [4.69, 9.17) is 4.74 Å². The summed E-state index contributed by atoms with van der Waals surface area (Å²) in [5.41, 5.74) is 3.18. The molecule has 3 amide bonds. The zero-order chi connectivity index (χ0) is 24.1. The number of anilines is 2. The average Bonchev–Trinajstić information content (AvgIpc) is 3.49. The number of nitrogens with one attached hydrogen (secondary N) is 1. The van der Waals surface area contributed by atoms with Gasteiger partial charge in [-0.15, -0.1) is 0 Å². The molecule has 2 aromatic carbocycles. The van der Waals surface area contributed by atoms with E-state index in [9.17, 15) is 19.2 Å². The first-order valence-electron chi connectivity index (χ1n) is 11.1. The molecule has 2 bridgehead atoms. The molecule has 174 valence electrons. The summed E-state index contributed by atoms with van der Waals surface area (Å²) in [6.07, 6.45) is 4.98. The molecule has 0 spiro atoms. The fraction of sp³-hybridized carbons (Fsp3) is 0.308. The summed E-state index contributed by atoms with van der Waals surface area (Å²) in [6, 6.07) is 9.88. The number of nitrogens with zero attached hydrogens (tertiary/aromatic N) is 1. The van der Waals surface area contributed by atoms with Gasteiger partial charge in [0.25, 0.3) is 5.91 Å². The van der Waals surface area contributed by atoms with Crippen LogP contribution in [0.1, 0.15) is 27.9 Å². The zero-order valence-corrected chi connectivity index (χ0v) is 20.3. The average molecular weight is 523 g/mol. The molecule has 2 fully saturated rings. The highest BCUT2D eigenvalue weighted by molar-refractivity contribution is 9.10. The van der Waals surface area contributed by atoms with Gasteiger partial charge in [0.05, 0.1) is 23.1 Å². The number of hydrogen-bond acceptors (Lipinski definition) is 5. The van der Waals surface area contributed by atoms with Gasteiger partial charge in [0, 0.05) is 10.2 Å². The van der Waals surface area contributed by atoms with Crippen molar-refractivity contribution in [1.29, 1.82) is 0 Å². The molecule has 7 nitrogen and oxygen atoms in total. The maximum atomic E-state index is 12.9. The lowest BCUT2D eigenvalue weighted by Gasteiger charge is -2.17. The first-order valence-corrected chi connectivity index (χ1v) is 11.9. The summed E-state index contributed by atoms with van der Waals surface area (Å²) in [5.74, 6) is -1.72. The van der Waals surface area contributed by atoms with E-state index >= 15 is 0 Å². The Morgan fingerprint density at radius 3 is 2.24 bits per heavy atom. The molecule has 2 aromatic rings. The number of carbonyl (C=O) groups is 4. The normalized spacial score (nSPS) is 24.5. The molecule has 3 aliphatic rings. The third-order valence-corrected chi connectivity index (χ3v) is 7.80. The Balaban J connectivity index is 1.20. The molecule has 0 unspecified atom stereocenters. The molecule has 4 atom stereocenters. The molecule has 1 N–H and O–H groups in total. The van der Waals surface area contributed by atoms with Crippen LogP contribution in [-0.4, -0.2) is 30.3 Å². The summed E-state index contributed by atoms with van der Waals surface area (Å²) < 4.78 is 6.09. The quantitative estimate of drug-likeness (QED) is 0.361. The van der Waals surface area contributed by atoms with E-state index in [-0.39, 0.29) is 41.0 Å². The molecule has 1 aliphatic heterocycles. The Morgan fingerprint density at radius 2 is 1.62 bits per heavy atom. The zero-order valence-electron chi connectivity index (χ0n) is 18.7. The number of fused-ring (bicyclic) bond motifs is 5. The fourth-order valence-corrected chi connectivity index (χ4v) is 5.68. The Bertz CT molecular complexity index is 1220. The van der Waals surface area contributed by atoms with Gasteiger partial charge >= 0.3 is 5.97 Å². The van der Waals surface area contributed by atoms with Crippen molar-refractivity contribution >= 4 is 51.0 Å². The summed E-state index contributed by atoms with van der Waals surface area (Å²) in [4.78, 5) is 51.8. The van der Waals surface area contributed by atoms with E-state index in [1.54, 1.807) is 12.1 Å². The van der Waals surface area contributed by atoms with E-state index in [2.05, 4.69) is 33.4 Å². The predicted molar refractivity (Wildman–Crippen MR) is 129 cm³/mol. The van der Waals surface area contributed by atoms with Crippen LogP contribution < -0.4 is 10.2 Å². The van der Waals surface area contributed by atoms with Crippen molar-refractivity contribution in [2.24, 2.45) is 23.7 Å². The van der Waals surface area contributed by atoms with Gasteiger partial charge in [-0.05, 0) is 79.6 Å². The molecule has 2 aliphatic carbocycles. The number of imide groups is 1. The van der Waals surface area contributed by atoms with Gasteiger partial charge in [-0.25, -0.2) is 4.79 Å². The van der Waals surface area contributed by atoms with Crippen LogP contribution in [0.5, 0.6) is 0 Å². The Hall–Kier alpha value is -3.26. The van der Waals surface area contributed by atoms with E-state index in [1.807, 2.05) is 26.0 Å². The largest absolute Gasteiger partial charge is 0.452 e. The van der Waals surface area contributed by atoms with Gasteiger partial charge in [0.15, 0.2) is 6.61 Å². The summed E-state index contributed by atoms with van der Waals surface area (Å²) >= 11 is 3.45. The van der Waals surface area contributed by atoms with Crippen molar-refractivity contribution in [3.63, 3.8) is 0 Å². The Labute approximate surface area is 205 Å². The number of esters is 1. The molecule has 8 heteroatoms. The third kappa shape index (κ3) is 3.76. The van der Waals surface area contributed by atoms with Gasteiger partial charge in [0.2, 0.25) is 11.8 Å². The van der Waals surface area contributed by atoms with Crippen molar-refractivity contribution in [1.82, 2.24) is 0 Å². The standard InChI is InChI=1S/C26H23BrN2O5/c1-13-10-20(14(2)9-19(13)27)28-21(30)12-34-26(33)15-5-7-18(8-6-15)29-24(31)22-16-3-4-17(11-16)23(22)25(29)32/h3-10,16-17,22-23H,11-12H2,1-2H3,(H,28,30)/t16-,17-,22+,23+/m0/s1. The Kier molecular flexibility index (Phi) is 5.64. The highest BCUT2D eigenvalue weighted by Gasteiger charge is 2.59. The molecule has 1 heterocycles. The number of benzene rings is 2. The minimum Gasteiger partial charge on any atom is -0.452 e. The Morgan fingerprint density at radius 1 is 1.00 bits per heavy atom. The second kappa shape index (κ2) is 8.51. The van der Waals surface area contributed by atoms with Gasteiger partial charge < -0.3 is 10.1 Å². The maximum Gasteiger partial charge on any atom is 0.338 e. The number of hydrogen-bond donors (Lipinski definition) is 1. The van der Waals surface area contributed by atoms with Crippen LogP contribution in [0.2, 0.25) is 0 Å². The van der Waals surface area contributed by atoms with Crippen LogP contribution in [0.25, 0.3) is 0 Å². The van der Waals surface area contributed by atoms with Gasteiger partial charge in [0.1, 0.15) is 0 Å². The second-order valence-corrected chi connectivity index (χ2v) is 9.95. The van der Waals surface area contributed by atoms with E-state index in [1.165, 1.54) is 17.0 Å². The van der Waals surface area contributed by atoms with Crippen LogP contribution in [-0.2, 0) is 19.1 Å². The second-order valence-electron chi connectivity index (χ2n) is 9.10. The molecular weight excluding hydrogens is 500 g/mol. The number of ether oxygens (including phenoxy) is 1. The fourth-order valence-electron chi connectivity index (χ4n) is 5.22. The number of allylic oxidation sites excluding steroid dienone is 2. The number of aryl methyl sites for hydroxylation is 2. The van der Waals surface area contributed by atoms with E-state index < -0.39 is 18.5 Å². The third-order valence-electron chi connectivity index (χ3n) is 6.95. The summed E-state index contributed by atoms with van der Waals surface area (Å²) in [5, 5.41) is 2.75. The van der Waals surface area contributed by atoms with Crippen molar-refractivity contribution in [3.05, 3.63) is 69.7 Å². The lowest BCUT2D eigenvalue weighted by atomic mass is 9.85. The molecule has 0 aromatic heterocycles. The number of carbonyl (C=O) groups excluding carboxylic acids is 4. The van der Waals surface area contributed by atoms with Crippen LogP contribution in [0, 0.1) is 37.5 Å². The minimum absolute atomic E-state index is 0.141. The van der Waals surface area contributed by atoms with Crippen LogP contribution in [0.4, 0.5) is 11.4 Å². The smallest absolute Gasteiger partial charge is 0.338 e. The molecule has 1 saturated carbocycles. The van der Waals surface area contributed by atoms with Crippen LogP contribution in [0.3, 0.4) is 0 Å². The minimum atomic E-state index is -0.663. The van der Waals surface area contributed by atoms with E-state index in [0.717, 1.165) is 22.0 Å². The molecule has 0 radical (unpaired) electrons. The lowest BCUT2D eigenvalue weighted by molar-refractivity contribution is -0.123. The van der Waals surface area contributed by atoms with Crippen molar-refractivity contribution in [2.45, 2.75) is 20.3 Å². The van der Waals surface area contributed by atoms with Gasteiger partial charge in [-0.2, -0.15) is 0 Å². The SMILES string of the molecule is Cc1cc(NC(=O)COC(=O)c2ccc(N3C(=O)[C@H]4[C@H](C3=O)[C@H]3C=C[C@H]4C3)cc2)c(C)cc1Br. The number of rotatable bonds is 5. The monoisotopic (exact) mass is 522 g/mol. The highest BCUT2D eigenvalue weighted by Crippen LogP contribution is 2.53. The first kappa shape index (κ1) is 22.5.